The van der Waals surface area contributed by atoms with Gasteiger partial charge < -0.3 is 4.74 Å². The van der Waals surface area contributed by atoms with Gasteiger partial charge in [0.05, 0.1) is 11.3 Å². The topological polar surface area (TPSA) is 71.9 Å². The molecule has 0 aliphatic carbocycles. The summed E-state index contributed by atoms with van der Waals surface area (Å²) >= 11 is 4.75. The number of aromatic nitrogens is 1. The Balaban J connectivity index is 1.89. The van der Waals surface area contributed by atoms with E-state index in [4.69, 9.17) is 4.74 Å². The number of benzene rings is 1. The molecule has 1 aliphatic rings. The highest BCUT2D eigenvalue weighted by molar-refractivity contribution is 9.10. The average molecular weight is 420 g/mol. The molecule has 0 unspecified atom stereocenters. The molecule has 0 atom stereocenters. The third kappa shape index (κ3) is 3.69. The number of ether oxygens (including phenoxy) is 1. The van der Waals surface area contributed by atoms with Crippen molar-refractivity contribution in [3.05, 3.63) is 51.1 Å². The number of carbonyl (C=O) groups is 2. The SMILES string of the molecule is CCN(C(C)=O)c1nc(/C=C2\N=C(c3ccccc3Br)OC2=O)cs1. The van der Waals surface area contributed by atoms with Gasteiger partial charge in [0.1, 0.15) is 0 Å². The van der Waals surface area contributed by atoms with Crippen molar-refractivity contribution in [1.82, 2.24) is 4.98 Å². The zero-order valence-electron chi connectivity index (χ0n) is 13.5. The maximum atomic E-state index is 12.1. The number of cyclic esters (lactones) is 1. The van der Waals surface area contributed by atoms with Crippen LogP contribution in [0, 0.1) is 0 Å². The zero-order valence-corrected chi connectivity index (χ0v) is 15.9. The fourth-order valence-corrected chi connectivity index (χ4v) is 3.60. The van der Waals surface area contributed by atoms with E-state index in [1.165, 1.54) is 18.3 Å². The second kappa shape index (κ2) is 7.28. The number of anilines is 1. The van der Waals surface area contributed by atoms with E-state index in [9.17, 15) is 9.59 Å². The normalized spacial score (nSPS) is 15.2. The summed E-state index contributed by atoms with van der Waals surface area (Å²) in [5.41, 5.74) is 1.43. The summed E-state index contributed by atoms with van der Waals surface area (Å²) in [5.74, 6) is -0.358. The Hall–Kier alpha value is -2.32. The molecule has 3 rings (SSSR count). The van der Waals surface area contributed by atoms with Crippen LogP contribution in [0.5, 0.6) is 0 Å². The van der Waals surface area contributed by atoms with Crippen molar-refractivity contribution in [3.63, 3.8) is 0 Å². The highest BCUT2D eigenvalue weighted by Gasteiger charge is 2.25. The number of aliphatic imine (C=N–C) groups is 1. The molecule has 1 aliphatic heterocycles. The Bertz CT molecular complexity index is 904. The number of thiazole rings is 1. The third-order valence-corrected chi connectivity index (χ3v) is 5.02. The predicted octanol–water partition coefficient (Wildman–Crippen LogP) is 3.62. The highest BCUT2D eigenvalue weighted by atomic mass is 79.9. The van der Waals surface area contributed by atoms with Crippen LogP contribution < -0.4 is 4.90 Å². The van der Waals surface area contributed by atoms with Gasteiger partial charge in [-0.2, -0.15) is 0 Å². The minimum atomic E-state index is -0.529. The average Bonchev–Trinajstić information content (AvgIpc) is 3.16. The Kier molecular flexibility index (Phi) is 5.10. The molecule has 0 spiro atoms. The Morgan fingerprint density at radius 2 is 2.16 bits per heavy atom. The van der Waals surface area contributed by atoms with Gasteiger partial charge in [-0.15, -0.1) is 11.3 Å². The zero-order chi connectivity index (χ0) is 18.0. The molecular weight excluding hydrogens is 406 g/mol. The van der Waals surface area contributed by atoms with Gasteiger partial charge in [-0.1, -0.05) is 12.1 Å². The lowest BCUT2D eigenvalue weighted by Gasteiger charge is -2.14. The maximum Gasteiger partial charge on any atom is 0.363 e. The van der Waals surface area contributed by atoms with Crippen molar-refractivity contribution in [1.29, 1.82) is 0 Å². The van der Waals surface area contributed by atoms with Crippen LogP contribution in [0.15, 0.2) is 44.8 Å². The van der Waals surface area contributed by atoms with Gasteiger partial charge in [-0.25, -0.2) is 14.8 Å². The minimum absolute atomic E-state index is 0.0782. The van der Waals surface area contributed by atoms with Crippen LogP contribution in [0.2, 0.25) is 0 Å². The quantitative estimate of drug-likeness (QED) is 0.560. The molecule has 0 radical (unpaired) electrons. The molecule has 0 fully saturated rings. The molecule has 0 bridgehead atoms. The highest BCUT2D eigenvalue weighted by Crippen LogP contribution is 2.26. The van der Waals surface area contributed by atoms with Crippen LogP contribution in [-0.2, 0) is 14.3 Å². The molecule has 128 valence electrons. The molecule has 0 N–H and O–H groups in total. The number of esters is 1. The summed E-state index contributed by atoms with van der Waals surface area (Å²) in [4.78, 5) is 33.9. The van der Waals surface area contributed by atoms with Crippen molar-refractivity contribution in [3.8, 4) is 0 Å². The predicted molar refractivity (Wildman–Crippen MR) is 101 cm³/mol. The summed E-state index contributed by atoms with van der Waals surface area (Å²) in [7, 11) is 0. The van der Waals surface area contributed by atoms with E-state index in [0.717, 1.165) is 4.47 Å². The lowest BCUT2D eigenvalue weighted by Crippen LogP contribution is -2.27. The van der Waals surface area contributed by atoms with Gasteiger partial charge in [-0.05, 0) is 41.1 Å². The second-order valence-corrected chi connectivity index (χ2v) is 6.83. The first-order valence-corrected chi connectivity index (χ1v) is 9.18. The molecule has 2 aromatic rings. The summed E-state index contributed by atoms with van der Waals surface area (Å²) in [6, 6.07) is 7.37. The van der Waals surface area contributed by atoms with Gasteiger partial charge >= 0.3 is 5.97 Å². The molecule has 2 heterocycles. The maximum absolute atomic E-state index is 12.1. The number of hydrogen-bond acceptors (Lipinski definition) is 6. The summed E-state index contributed by atoms with van der Waals surface area (Å²) in [6.07, 6.45) is 1.56. The molecule has 1 amide bonds. The number of hydrogen-bond donors (Lipinski definition) is 0. The molecule has 8 heteroatoms. The second-order valence-electron chi connectivity index (χ2n) is 5.13. The van der Waals surface area contributed by atoms with E-state index in [2.05, 4.69) is 25.9 Å². The smallest absolute Gasteiger partial charge is 0.363 e. The molecule has 1 aromatic heterocycles. The largest absolute Gasteiger partial charge is 0.402 e. The fraction of sp³-hybridized carbons (Fsp3) is 0.176. The van der Waals surface area contributed by atoms with Crippen LogP contribution in [0.3, 0.4) is 0 Å². The first kappa shape index (κ1) is 17.5. The Morgan fingerprint density at radius 3 is 2.84 bits per heavy atom. The van der Waals surface area contributed by atoms with Crippen LogP contribution in [0.4, 0.5) is 5.13 Å². The number of carbonyl (C=O) groups excluding carboxylic acids is 2. The first-order chi connectivity index (χ1) is 12.0. The summed E-state index contributed by atoms with van der Waals surface area (Å²) < 4.78 is 6.04. The van der Waals surface area contributed by atoms with Crippen molar-refractivity contribution >= 4 is 56.2 Å². The fourth-order valence-electron chi connectivity index (χ4n) is 2.26. The third-order valence-electron chi connectivity index (χ3n) is 3.45. The lowest BCUT2D eigenvalue weighted by atomic mass is 10.2. The number of rotatable bonds is 4. The summed E-state index contributed by atoms with van der Waals surface area (Å²) in [6.45, 7) is 3.90. The van der Waals surface area contributed by atoms with Crippen molar-refractivity contribution in [2.75, 3.05) is 11.4 Å². The molecule has 6 nitrogen and oxygen atoms in total. The molecule has 0 saturated carbocycles. The molecular formula is C17H14BrN3O3S. The van der Waals surface area contributed by atoms with Gasteiger partial charge in [0.25, 0.3) is 0 Å². The molecule has 25 heavy (non-hydrogen) atoms. The van der Waals surface area contributed by atoms with Gasteiger partial charge in [0.15, 0.2) is 10.8 Å². The molecule has 1 aromatic carbocycles. The van der Waals surface area contributed by atoms with E-state index < -0.39 is 5.97 Å². The van der Waals surface area contributed by atoms with E-state index in [1.54, 1.807) is 16.4 Å². The van der Waals surface area contributed by atoms with E-state index in [0.29, 0.717) is 22.9 Å². The molecule has 0 saturated heterocycles. The van der Waals surface area contributed by atoms with Crippen molar-refractivity contribution in [2.45, 2.75) is 13.8 Å². The summed E-state index contributed by atoms with van der Waals surface area (Å²) in [5, 5.41) is 2.36. The van der Waals surface area contributed by atoms with Crippen LogP contribution >= 0.6 is 27.3 Å². The monoisotopic (exact) mass is 419 g/mol. The van der Waals surface area contributed by atoms with E-state index in [-0.39, 0.29) is 17.5 Å². The van der Waals surface area contributed by atoms with Crippen LogP contribution in [0.25, 0.3) is 6.08 Å². The minimum Gasteiger partial charge on any atom is -0.402 e. The number of amides is 1. The Labute approximate surface area is 157 Å². The standard InChI is InChI=1S/C17H14BrN3O3S/c1-3-21(10(2)22)17-19-11(9-25-17)8-14-16(23)24-15(20-14)12-6-4-5-7-13(12)18/h4-9H,3H2,1-2H3/b14-8-. The number of nitrogens with zero attached hydrogens (tertiary/aromatic N) is 3. The first-order valence-electron chi connectivity index (χ1n) is 7.50. The van der Waals surface area contributed by atoms with Crippen molar-refractivity contribution in [2.24, 2.45) is 4.99 Å². The van der Waals surface area contributed by atoms with E-state index >= 15 is 0 Å². The lowest BCUT2D eigenvalue weighted by molar-refractivity contribution is -0.130. The van der Waals surface area contributed by atoms with Crippen LogP contribution in [0.1, 0.15) is 25.1 Å². The van der Waals surface area contributed by atoms with Crippen molar-refractivity contribution < 1.29 is 14.3 Å². The van der Waals surface area contributed by atoms with Gasteiger partial charge in [0, 0.05) is 23.3 Å². The number of halogens is 1. The Morgan fingerprint density at radius 1 is 1.40 bits per heavy atom. The van der Waals surface area contributed by atoms with Gasteiger partial charge in [0.2, 0.25) is 11.8 Å². The van der Waals surface area contributed by atoms with E-state index in [1.807, 2.05) is 31.2 Å². The van der Waals surface area contributed by atoms with Crippen LogP contribution in [-0.4, -0.2) is 29.3 Å². The van der Waals surface area contributed by atoms with Gasteiger partial charge in [-0.3, -0.25) is 9.69 Å².